The van der Waals surface area contributed by atoms with Crippen LogP contribution in [0.25, 0.3) is 0 Å². The molecule has 2 amide bonds. The summed E-state index contributed by atoms with van der Waals surface area (Å²) in [6, 6.07) is 11.1. The van der Waals surface area contributed by atoms with Gasteiger partial charge in [-0.2, -0.15) is 0 Å². The standard InChI is InChI=1S/C20H23N3O5S/c1-4-28-17-8-5-14(6-9-17)19(24)21-22-20(25)15-7-10-18-16(12-15)11-13(2)23(18)29(3,26)27/h5-10,12-13H,4,11H2,1-3H3,(H,21,24)(H,22,25)/t13-/m0/s1. The molecule has 0 fully saturated rings. The van der Waals surface area contributed by atoms with E-state index >= 15 is 0 Å². The van der Waals surface area contributed by atoms with Crippen molar-refractivity contribution < 1.29 is 22.7 Å². The Labute approximate surface area is 169 Å². The Balaban J connectivity index is 1.66. The van der Waals surface area contributed by atoms with Crippen LogP contribution in [0, 0.1) is 0 Å². The Hall–Kier alpha value is -3.07. The zero-order valence-electron chi connectivity index (χ0n) is 16.4. The lowest BCUT2D eigenvalue weighted by Crippen LogP contribution is -2.41. The van der Waals surface area contributed by atoms with Crippen LogP contribution in [-0.2, 0) is 16.4 Å². The summed E-state index contributed by atoms with van der Waals surface area (Å²) in [7, 11) is -3.39. The van der Waals surface area contributed by atoms with Crippen LogP contribution in [0.5, 0.6) is 5.75 Å². The molecule has 0 radical (unpaired) electrons. The van der Waals surface area contributed by atoms with E-state index in [1.807, 2.05) is 13.8 Å². The van der Waals surface area contributed by atoms with Gasteiger partial charge < -0.3 is 4.74 Å². The number of sulfonamides is 1. The van der Waals surface area contributed by atoms with Gasteiger partial charge in [-0.05, 0) is 68.3 Å². The summed E-state index contributed by atoms with van der Waals surface area (Å²) in [5, 5.41) is 0. The van der Waals surface area contributed by atoms with Gasteiger partial charge in [0, 0.05) is 17.2 Å². The first kappa shape index (κ1) is 20.7. The number of carbonyl (C=O) groups excluding carboxylic acids is 2. The molecule has 1 aliphatic heterocycles. The van der Waals surface area contributed by atoms with Gasteiger partial charge in [-0.25, -0.2) is 8.42 Å². The fourth-order valence-corrected chi connectivity index (χ4v) is 4.64. The van der Waals surface area contributed by atoms with Gasteiger partial charge in [-0.1, -0.05) is 0 Å². The van der Waals surface area contributed by atoms with Crippen molar-refractivity contribution in [3.63, 3.8) is 0 Å². The summed E-state index contributed by atoms with van der Waals surface area (Å²) in [4.78, 5) is 24.6. The molecule has 3 rings (SSSR count). The number of ether oxygens (including phenoxy) is 1. The summed E-state index contributed by atoms with van der Waals surface area (Å²) in [5.41, 5.74) is 6.81. The Bertz CT molecular complexity index is 1030. The van der Waals surface area contributed by atoms with Crippen LogP contribution >= 0.6 is 0 Å². The molecule has 2 aromatic carbocycles. The number of amides is 2. The van der Waals surface area contributed by atoms with Crippen LogP contribution in [0.15, 0.2) is 42.5 Å². The van der Waals surface area contributed by atoms with Crippen LogP contribution in [0.3, 0.4) is 0 Å². The normalized spacial score (nSPS) is 15.6. The number of carbonyl (C=O) groups is 2. The zero-order chi connectivity index (χ0) is 21.2. The highest BCUT2D eigenvalue weighted by Gasteiger charge is 2.32. The van der Waals surface area contributed by atoms with Crippen LogP contribution < -0.4 is 19.9 Å². The number of benzene rings is 2. The van der Waals surface area contributed by atoms with Crippen molar-refractivity contribution >= 4 is 27.5 Å². The van der Waals surface area contributed by atoms with Crippen molar-refractivity contribution in [2.45, 2.75) is 26.3 Å². The minimum absolute atomic E-state index is 0.210. The lowest BCUT2D eigenvalue weighted by molar-refractivity contribution is 0.0846. The van der Waals surface area contributed by atoms with E-state index in [4.69, 9.17) is 4.74 Å². The molecular formula is C20H23N3O5S. The molecule has 1 atom stereocenters. The lowest BCUT2D eigenvalue weighted by atomic mass is 10.1. The third-order valence-electron chi connectivity index (χ3n) is 4.57. The molecule has 9 heteroatoms. The molecule has 1 aliphatic rings. The van der Waals surface area contributed by atoms with E-state index < -0.39 is 21.8 Å². The highest BCUT2D eigenvalue weighted by Crippen LogP contribution is 2.34. The van der Waals surface area contributed by atoms with Crippen molar-refractivity contribution in [2.24, 2.45) is 0 Å². The number of rotatable bonds is 5. The molecule has 0 unspecified atom stereocenters. The molecule has 0 bridgehead atoms. The first-order valence-corrected chi connectivity index (χ1v) is 11.0. The topological polar surface area (TPSA) is 105 Å². The zero-order valence-corrected chi connectivity index (χ0v) is 17.2. The molecule has 29 heavy (non-hydrogen) atoms. The summed E-state index contributed by atoms with van der Waals surface area (Å²) < 4.78 is 30.7. The molecule has 0 aliphatic carbocycles. The molecular weight excluding hydrogens is 394 g/mol. The van der Waals surface area contributed by atoms with Crippen LogP contribution in [0.2, 0.25) is 0 Å². The summed E-state index contributed by atoms with van der Waals surface area (Å²) in [6.45, 7) is 4.22. The molecule has 0 spiro atoms. The number of fused-ring (bicyclic) bond motifs is 1. The average Bonchev–Trinajstić information content (AvgIpc) is 3.01. The molecule has 154 valence electrons. The molecule has 8 nitrogen and oxygen atoms in total. The van der Waals surface area contributed by atoms with Gasteiger partial charge in [0.05, 0.1) is 18.6 Å². The van der Waals surface area contributed by atoms with E-state index in [2.05, 4.69) is 10.9 Å². The summed E-state index contributed by atoms with van der Waals surface area (Å²) >= 11 is 0. The van der Waals surface area contributed by atoms with Gasteiger partial charge in [-0.15, -0.1) is 0 Å². The smallest absolute Gasteiger partial charge is 0.269 e. The highest BCUT2D eigenvalue weighted by atomic mass is 32.2. The Kier molecular flexibility index (Phi) is 5.78. The second kappa shape index (κ2) is 8.12. The number of hydrazine groups is 1. The number of nitrogens with zero attached hydrogens (tertiary/aromatic N) is 1. The molecule has 0 aromatic heterocycles. The second-order valence-corrected chi connectivity index (χ2v) is 8.68. The number of hydrogen-bond acceptors (Lipinski definition) is 5. The SMILES string of the molecule is CCOc1ccc(C(=O)NNC(=O)c2ccc3c(c2)C[C@H](C)N3S(C)(=O)=O)cc1. The third-order valence-corrected chi connectivity index (χ3v) is 5.84. The predicted octanol–water partition coefficient (Wildman–Crippen LogP) is 1.87. The van der Waals surface area contributed by atoms with Gasteiger partial charge >= 0.3 is 0 Å². The first-order chi connectivity index (χ1) is 13.7. The van der Waals surface area contributed by atoms with Crippen molar-refractivity contribution in [1.82, 2.24) is 10.9 Å². The van der Waals surface area contributed by atoms with Gasteiger partial charge in [0.1, 0.15) is 5.75 Å². The maximum absolute atomic E-state index is 12.4. The Morgan fingerprint density at radius 3 is 2.24 bits per heavy atom. The van der Waals surface area contributed by atoms with Crippen molar-refractivity contribution in [2.75, 3.05) is 17.2 Å². The highest BCUT2D eigenvalue weighted by molar-refractivity contribution is 7.92. The van der Waals surface area contributed by atoms with E-state index in [9.17, 15) is 18.0 Å². The number of anilines is 1. The molecule has 2 aromatic rings. The van der Waals surface area contributed by atoms with Crippen molar-refractivity contribution in [1.29, 1.82) is 0 Å². The van der Waals surface area contributed by atoms with Crippen LogP contribution in [0.1, 0.15) is 40.1 Å². The lowest BCUT2D eigenvalue weighted by Gasteiger charge is -2.21. The van der Waals surface area contributed by atoms with Gasteiger partial charge in [0.25, 0.3) is 11.8 Å². The van der Waals surface area contributed by atoms with E-state index in [-0.39, 0.29) is 6.04 Å². The summed E-state index contributed by atoms with van der Waals surface area (Å²) in [5.74, 6) is -0.291. The molecule has 0 saturated heterocycles. The van der Waals surface area contributed by atoms with Gasteiger partial charge in [0.2, 0.25) is 10.0 Å². The third kappa shape index (κ3) is 4.51. The van der Waals surface area contributed by atoms with Crippen LogP contribution in [0.4, 0.5) is 5.69 Å². The van der Waals surface area contributed by atoms with Gasteiger partial charge in [-0.3, -0.25) is 24.7 Å². The Morgan fingerprint density at radius 1 is 1.07 bits per heavy atom. The second-order valence-electron chi connectivity index (χ2n) is 6.82. The minimum atomic E-state index is -3.39. The summed E-state index contributed by atoms with van der Waals surface area (Å²) in [6.07, 6.45) is 1.68. The Morgan fingerprint density at radius 2 is 1.66 bits per heavy atom. The van der Waals surface area contributed by atoms with E-state index in [1.165, 1.54) is 10.4 Å². The quantitative estimate of drug-likeness (QED) is 0.723. The van der Waals surface area contributed by atoms with Gasteiger partial charge in [0.15, 0.2) is 0 Å². The van der Waals surface area contributed by atoms with Crippen LogP contribution in [-0.4, -0.2) is 39.1 Å². The predicted molar refractivity (Wildman–Crippen MR) is 109 cm³/mol. The first-order valence-electron chi connectivity index (χ1n) is 9.16. The molecule has 1 heterocycles. The average molecular weight is 417 g/mol. The maximum Gasteiger partial charge on any atom is 0.269 e. The minimum Gasteiger partial charge on any atom is -0.494 e. The number of hydrogen-bond donors (Lipinski definition) is 2. The largest absolute Gasteiger partial charge is 0.494 e. The fourth-order valence-electron chi connectivity index (χ4n) is 3.38. The molecule has 0 saturated carbocycles. The molecule has 2 N–H and O–H groups in total. The fraction of sp³-hybridized carbons (Fsp3) is 0.300. The van der Waals surface area contributed by atoms with Crippen molar-refractivity contribution in [3.05, 3.63) is 59.2 Å². The van der Waals surface area contributed by atoms with E-state index in [0.29, 0.717) is 35.6 Å². The number of nitrogens with one attached hydrogen (secondary N) is 2. The van der Waals surface area contributed by atoms with E-state index in [0.717, 1.165) is 11.8 Å². The van der Waals surface area contributed by atoms with Crippen molar-refractivity contribution in [3.8, 4) is 5.75 Å². The van der Waals surface area contributed by atoms with E-state index in [1.54, 1.807) is 36.4 Å². The monoisotopic (exact) mass is 417 g/mol. The maximum atomic E-state index is 12.4.